The molecule has 0 unspecified atom stereocenters. The molecule has 0 bridgehead atoms. The van der Waals surface area contributed by atoms with Gasteiger partial charge >= 0.3 is 6.09 Å². The van der Waals surface area contributed by atoms with Gasteiger partial charge in [-0.15, -0.1) is 0 Å². The molecule has 1 aliphatic rings. The summed E-state index contributed by atoms with van der Waals surface area (Å²) in [5, 5.41) is 5.14. The van der Waals surface area contributed by atoms with Crippen molar-refractivity contribution in [3.63, 3.8) is 0 Å². The molecule has 1 N–H and O–H groups in total. The number of nitrogens with one attached hydrogen (secondary N) is 1. The molecule has 3 rings (SSSR count). The van der Waals surface area contributed by atoms with Gasteiger partial charge in [0.05, 0.1) is 4.47 Å². The van der Waals surface area contributed by atoms with Gasteiger partial charge in [-0.1, -0.05) is 30.3 Å². The Bertz CT molecular complexity index is 886. The molecule has 2 aromatic carbocycles. The summed E-state index contributed by atoms with van der Waals surface area (Å²) < 4.78 is 12.0. The van der Waals surface area contributed by atoms with E-state index in [0.29, 0.717) is 31.7 Å². The van der Waals surface area contributed by atoms with Gasteiger partial charge in [0.15, 0.2) is 6.61 Å². The van der Waals surface area contributed by atoms with Gasteiger partial charge in [-0.3, -0.25) is 4.79 Å². The lowest BCUT2D eigenvalue weighted by Crippen LogP contribution is -2.48. The van der Waals surface area contributed by atoms with Crippen LogP contribution in [0.25, 0.3) is 10.8 Å². The summed E-state index contributed by atoms with van der Waals surface area (Å²) in [7, 11) is 0. The van der Waals surface area contributed by atoms with E-state index in [4.69, 9.17) is 9.47 Å². The van der Waals surface area contributed by atoms with Crippen LogP contribution in [0.1, 0.15) is 33.6 Å². The van der Waals surface area contributed by atoms with Crippen molar-refractivity contribution in [1.82, 2.24) is 10.2 Å². The molecule has 1 fully saturated rings. The van der Waals surface area contributed by atoms with Crippen molar-refractivity contribution in [2.45, 2.75) is 45.3 Å². The Morgan fingerprint density at radius 2 is 1.83 bits per heavy atom. The Morgan fingerprint density at radius 3 is 2.52 bits per heavy atom. The summed E-state index contributed by atoms with van der Waals surface area (Å²) in [5.74, 6) is 0.472. The molecule has 1 aliphatic heterocycles. The zero-order valence-electron chi connectivity index (χ0n) is 17.0. The van der Waals surface area contributed by atoms with Gasteiger partial charge in [0.25, 0.3) is 5.91 Å². The quantitative estimate of drug-likeness (QED) is 0.726. The zero-order chi connectivity index (χ0) is 21.0. The van der Waals surface area contributed by atoms with Crippen molar-refractivity contribution in [3.8, 4) is 5.75 Å². The fourth-order valence-corrected chi connectivity index (χ4v) is 3.88. The number of hydrogen-bond acceptors (Lipinski definition) is 4. The molecule has 0 saturated carbocycles. The molecular formula is C22H27BrN2O4. The maximum Gasteiger partial charge on any atom is 0.410 e. The zero-order valence-corrected chi connectivity index (χ0v) is 18.6. The number of rotatable bonds is 4. The van der Waals surface area contributed by atoms with Gasteiger partial charge in [-0.2, -0.15) is 0 Å². The van der Waals surface area contributed by atoms with Crippen molar-refractivity contribution >= 4 is 38.7 Å². The highest BCUT2D eigenvalue weighted by molar-refractivity contribution is 9.10. The molecule has 0 aliphatic carbocycles. The maximum absolute atomic E-state index is 12.3. The van der Waals surface area contributed by atoms with Crippen LogP contribution in [0.15, 0.2) is 40.9 Å². The molecule has 0 aromatic heterocycles. The lowest BCUT2D eigenvalue weighted by molar-refractivity contribution is -0.124. The van der Waals surface area contributed by atoms with Gasteiger partial charge < -0.3 is 19.7 Å². The monoisotopic (exact) mass is 462 g/mol. The molecule has 156 valence electrons. The van der Waals surface area contributed by atoms with E-state index in [1.54, 1.807) is 4.90 Å². The van der Waals surface area contributed by atoms with Crippen LogP contribution in [0.5, 0.6) is 5.75 Å². The van der Waals surface area contributed by atoms with Gasteiger partial charge in [-0.25, -0.2) is 4.79 Å². The molecule has 0 atom stereocenters. The van der Waals surface area contributed by atoms with Crippen LogP contribution in [0.3, 0.4) is 0 Å². The van der Waals surface area contributed by atoms with Crippen molar-refractivity contribution in [1.29, 1.82) is 0 Å². The second-order valence-electron chi connectivity index (χ2n) is 8.20. The number of halogens is 1. The first kappa shape index (κ1) is 21.4. The summed E-state index contributed by atoms with van der Waals surface area (Å²) >= 11 is 3.57. The Morgan fingerprint density at radius 1 is 1.14 bits per heavy atom. The number of carbonyl (C=O) groups excluding carboxylic acids is 2. The van der Waals surface area contributed by atoms with Gasteiger partial charge in [0.2, 0.25) is 0 Å². The van der Waals surface area contributed by atoms with Crippen LogP contribution in [0.2, 0.25) is 0 Å². The second kappa shape index (κ2) is 9.03. The number of ether oxygens (including phenoxy) is 2. The molecule has 1 heterocycles. The third-order valence-corrected chi connectivity index (χ3v) is 5.52. The number of nitrogens with zero attached hydrogens (tertiary/aromatic N) is 1. The normalized spacial score (nSPS) is 15.2. The summed E-state index contributed by atoms with van der Waals surface area (Å²) in [6.45, 7) is 6.64. The molecule has 7 heteroatoms. The van der Waals surface area contributed by atoms with Crippen LogP contribution >= 0.6 is 15.9 Å². The summed E-state index contributed by atoms with van der Waals surface area (Å²) in [6, 6.07) is 11.8. The lowest BCUT2D eigenvalue weighted by atomic mass is 10.1. The number of piperidine rings is 1. The second-order valence-corrected chi connectivity index (χ2v) is 8.99. The molecule has 29 heavy (non-hydrogen) atoms. The fraction of sp³-hybridized carbons (Fsp3) is 0.455. The van der Waals surface area contributed by atoms with E-state index in [9.17, 15) is 9.59 Å². The number of benzene rings is 2. The number of carbonyl (C=O) groups is 2. The smallest absolute Gasteiger partial charge is 0.410 e. The highest BCUT2D eigenvalue weighted by Crippen LogP contribution is 2.33. The first-order valence-corrected chi connectivity index (χ1v) is 10.6. The largest absolute Gasteiger partial charge is 0.483 e. The van der Waals surface area contributed by atoms with E-state index < -0.39 is 5.60 Å². The number of hydrogen-bond donors (Lipinski definition) is 1. The van der Waals surface area contributed by atoms with Crippen molar-refractivity contribution < 1.29 is 19.1 Å². The molecule has 0 spiro atoms. The average molecular weight is 463 g/mol. The SMILES string of the molecule is CC(C)(C)OC(=O)N1CCC(NC(=O)COc2ccc3ccccc3c2Br)CC1. The number of amides is 2. The standard InChI is InChI=1S/C22H27BrN2O4/c1-22(2,3)29-21(27)25-12-10-16(11-13-25)24-19(26)14-28-18-9-8-15-6-4-5-7-17(15)20(18)23/h4-9,16H,10-14H2,1-3H3,(H,24,26). The van der Waals surface area contributed by atoms with Crippen LogP contribution < -0.4 is 10.1 Å². The van der Waals surface area contributed by atoms with E-state index >= 15 is 0 Å². The third kappa shape index (κ3) is 5.85. The third-order valence-electron chi connectivity index (χ3n) is 4.70. The van der Waals surface area contributed by atoms with Crippen LogP contribution in [-0.4, -0.2) is 48.2 Å². The predicted octanol–water partition coefficient (Wildman–Crippen LogP) is 4.50. The average Bonchev–Trinajstić information content (AvgIpc) is 2.67. The summed E-state index contributed by atoms with van der Waals surface area (Å²) in [5.41, 5.74) is -0.503. The van der Waals surface area contributed by atoms with Crippen molar-refractivity contribution in [2.24, 2.45) is 0 Å². The van der Waals surface area contributed by atoms with Crippen molar-refractivity contribution in [2.75, 3.05) is 19.7 Å². The fourth-order valence-electron chi connectivity index (χ4n) is 3.27. The molecule has 0 radical (unpaired) electrons. The summed E-state index contributed by atoms with van der Waals surface area (Å²) in [6.07, 6.45) is 1.10. The molecule has 6 nitrogen and oxygen atoms in total. The lowest BCUT2D eigenvalue weighted by Gasteiger charge is -2.33. The van der Waals surface area contributed by atoms with E-state index in [1.807, 2.05) is 57.2 Å². The van der Waals surface area contributed by atoms with E-state index in [0.717, 1.165) is 15.2 Å². The minimum atomic E-state index is -0.503. The Balaban J connectivity index is 1.46. The van der Waals surface area contributed by atoms with Crippen LogP contribution in [0.4, 0.5) is 4.79 Å². The molecule has 1 saturated heterocycles. The summed E-state index contributed by atoms with van der Waals surface area (Å²) in [4.78, 5) is 26.1. The first-order chi connectivity index (χ1) is 13.7. The minimum Gasteiger partial charge on any atom is -0.483 e. The van der Waals surface area contributed by atoms with E-state index in [-0.39, 0.29) is 24.6 Å². The van der Waals surface area contributed by atoms with Gasteiger partial charge in [0.1, 0.15) is 11.4 Å². The predicted molar refractivity (Wildman–Crippen MR) is 116 cm³/mol. The Kier molecular flexibility index (Phi) is 6.67. The topological polar surface area (TPSA) is 67.9 Å². The number of likely N-dealkylation sites (tertiary alicyclic amines) is 1. The van der Waals surface area contributed by atoms with E-state index in [2.05, 4.69) is 21.2 Å². The molecular weight excluding hydrogens is 436 g/mol. The highest BCUT2D eigenvalue weighted by Gasteiger charge is 2.27. The number of fused-ring (bicyclic) bond motifs is 1. The van der Waals surface area contributed by atoms with Crippen LogP contribution in [-0.2, 0) is 9.53 Å². The minimum absolute atomic E-state index is 0.0323. The molecule has 2 aromatic rings. The van der Waals surface area contributed by atoms with Crippen molar-refractivity contribution in [3.05, 3.63) is 40.9 Å². The molecule has 2 amide bonds. The maximum atomic E-state index is 12.3. The first-order valence-electron chi connectivity index (χ1n) is 9.80. The van der Waals surface area contributed by atoms with E-state index in [1.165, 1.54) is 0 Å². The van der Waals surface area contributed by atoms with Gasteiger partial charge in [-0.05, 0) is 66.4 Å². The van der Waals surface area contributed by atoms with Crippen LogP contribution in [0, 0.1) is 0 Å². The Labute approximate surface area is 179 Å². The highest BCUT2D eigenvalue weighted by atomic mass is 79.9. The Hall–Kier alpha value is -2.28. The van der Waals surface area contributed by atoms with Gasteiger partial charge in [0, 0.05) is 19.1 Å².